The summed E-state index contributed by atoms with van der Waals surface area (Å²) in [4.78, 5) is 0. The second kappa shape index (κ2) is 4.38. The molecule has 0 radical (unpaired) electrons. The number of allylic oxidation sites excluding steroid dienone is 3. The largest absolute Gasteiger partial charge is 0.120 e. The monoisotopic (exact) mass is 208 g/mol. The van der Waals surface area contributed by atoms with Crippen molar-refractivity contribution in [2.75, 3.05) is 0 Å². The molecule has 1 aromatic rings. The number of benzene rings is 1. The predicted molar refractivity (Wildman–Crippen MR) is 71.2 cm³/mol. The first-order valence-electron chi connectivity index (χ1n) is 5.63. The quantitative estimate of drug-likeness (QED) is 0.632. The normalized spacial score (nSPS) is 13.0. The Bertz CT molecular complexity index is 521. The molecule has 2 rings (SSSR count). The summed E-state index contributed by atoms with van der Waals surface area (Å²) in [6.45, 7) is 8.17. The molecule has 0 atom stereocenters. The highest BCUT2D eigenvalue weighted by molar-refractivity contribution is 5.73. The van der Waals surface area contributed by atoms with Gasteiger partial charge in [0.25, 0.3) is 0 Å². The number of hydrogen-bond acceptors (Lipinski definition) is 0. The first kappa shape index (κ1) is 10.7. The van der Waals surface area contributed by atoms with Crippen LogP contribution in [0.25, 0.3) is 12.2 Å². The highest BCUT2D eigenvalue weighted by atomic mass is 14.1. The van der Waals surface area contributed by atoms with Gasteiger partial charge in [-0.05, 0) is 53.8 Å². The van der Waals surface area contributed by atoms with Crippen molar-refractivity contribution in [2.24, 2.45) is 0 Å². The maximum Gasteiger partial charge on any atom is -0.0104 e. The molecule has 80 valence electrons. The van der Waals surface area contributed by atoms with Crippen molar-refractivity contribution in [3.05, 3.63) is 64.4 Å². The lowest BCUT2D eigenvalue weighted by atomic mass is 10.0. The molecule has 0 nitrogen and oxygen atoms in total. The van der Waals surface area contributed by atoms with Crippen LogP contribution in [0.5, 0.6) is 0 Å². The minimum atomic E-state index is 1.07. The van der Waals surface area contributed by atoms with Crippen LogP contribution in [0.2, 0.25) is 0 Å². The van der Waals surface area contributed by atoms with E-state index in [9.17, 15) is 0 Å². The fourth-order valence-electron chi connectivity index (χ4n) is 1.78. The maximum absolute atomic E-state index is 3.97. The molecular weight excluding hydrogens is 192 g/mol. The molecule has 0 amide bonds. The van der Waals surface area contributed by atoms with Crippen molar-refractivity contribution in [1.29, 1.82) is 0 Å². The van der Waals surface area contributed by atoms with Gasteiger partial charge in [0.15, 0.2) is 0 Å². The van der Waals surface area contributed by atoms with Crippen LogP contribution in [0.4, 0.5) is 0 Å². The number of rotatable bonds is 2. The Kier molecular flexibility index (Phi) is 2.94. The highest BCUT2D eigenvalue weighted by Crippen LogP contribution is 2.22. The van der Waals surface area contributed by atoms with E-state index in [0.717, 1.165) is 17.6 Å². The molecule has 0 spiro atoms. The minimum Gasteiger partial charge on any atom is -0.120 e. The zero-order valence-corrected chi connectivity index (χ0v) is 9.88. The lowest BCUT2D eigenvalue weighted by Crippen LogP contribution is -1.86. The van der Waals surface area contributed by atoms with Crippen LogP contribution in [0.1, 0.15) is 30.5 Å². The molecule has 0 N–H and O–H groups in total. The molecule has 0 aromatic heterocycles. The van der Waals surface area contributed by atoms with Crippen LogP contribution < -0.4 is 0 Å². The average molecular weight is 208 g/mol. The second-order valence-corrected chi connectivity index (χ2v) is 4.15. The Balaban J connectivity index is 2.55. The van der Waals surface area contributed by atoms with Crippen LogP contribution in [-0.4, -0.2) is 0 Å². The van der Waals surface area contributed by atoms with Crippen LogP contribution in [0, 0.1) is 0 Å². The lowest BCUT2D eigenvalue weighted by Gasteiger charge is -2.04. The second-order valence-electron chi connectivity index (χ2n) is 4.15. The van der Waals surface area contributed by atoms with Gasteiger partial charge in [0.1, 0.15) is 0 Å². The van der Waals surface area contributed by atoms with Gasteiger partial charge in [-0.3, -0.25) is 0 Å². The van der Waals surface area contributed by atoms with Crippen molar-refractivity contribution in [3.63, 3.8) is 0 Å². The van der Waals surface area contributed by atoms with Crippen molar-refractivity contribution < 1.29 is 0 Å². The van der Waals surface area contributed by atoms with Gasteiger partial charge in [-0.1, -0.05) is 37.3 Å². The van der Waals surface area contributed by atoms with E-state index in [1.807, 2.05) is 19.1 Å². The van der Waals surface area contributed by atoms with Gasteiger partial charge in [0.05, 0.1) is 0 Å². The Morgan fingerprint density at radius 1 is 1.25 bits per heavy atom. The summed E-state index contributed by atoms with van der Waals surface area (Å²) >= 11 is 0. The summed E-state index contributed by atoms with van der Waals surface area (Å²) in [5.41, 5.74) is 9.29. The third kappa shape index (κ3) is 2.08. The number of fused-ring (bicyclic) bond motifs is 1. The highest BCUT2D eigenvalue weighted by Gasteiger charge is 2.03. The van der Waals surface area contributed by atoms with E-state index >= 15 is 0 Å². The summed E-state index contributed by atoms with van der Waals surface area (Å²) in [6.07, 6.45) is 7.28. The molecule has 1 aliphatic carbocycles. The molecular formula is C16H16. The fourth-order valence-corrected chi connectivity index (χ4v) is 1.78. The SMILES string of the molecule is C=C(C)C1=Cc2ccc(CC)cc2C=C=C1. The van der Waals surface area contributed by atoms with Gasteiger partial charge in [-0.2, -0.15) is 0 Å². The fraction of sp³-hybridized carbons (Fsp3) is 0.188. The Morgan fingerprint density at radius 2 is 2.06 bits per heavy atom. The zero-order chi connectivity index (χ0) is 11.5. The van der Waals surface area contributed by atoms with E-state index in [0.29, 0.717) is 0 Å². The van der Waals surface area contributed by atoms with Crippen molar-refractivity contribution in [1.82, 2.24) is 0 Å². The molecule has 0 heteroatoms. The van der Waals surface area contributed by atoms with Crippen molar-refractivity contribution >= 4 is 12.2 Å². The molecule has 16 heavy (non-hydrogen) atoms. The molecule has 0 heterocycles. The van der Waals surface area contributed by atoms with Gasteiger partial charge in [-0.15, -0.1) is 5.73 Å². The molecule has 0 bridgehead atoms. The lowest BCUT2D eigenvalue weighted by molar-refractivity contribution is 1.14. The van der Waals surface area contributed by atoms with Gasteiger partial charge in [0, 0.05) is 0 Å². The van der Waals surface area contributed by atoms with E-state index in [2.05, 4.69) is 43.5 Å². The van der Waals surface area contributed by atoms with Crippen molar-refractivity contribution in [3.8, 4) is 0 Å². The van der Waals surface area contributed by atoms with E-state index in [1.54, 1.807) is 0 Å². The van der Waals surface area contributed by atoms with Crippen LogP contribution in [0.15, 0.2) is 47.7 Å². The number of hydrogen-bond donors (Lipinski definition) is 0. The molecule has 0 fully saturated rings. The van der Waals surface area contributed by atoms with Gasteiger partial charge in [-0.25, -0.2) is 0 Å². The Morgan fingerprint density at radius 3 is 2.75 bits per heavy atom. The summed E-state index contributed by atoms with van der Waals surface area (Å²) in [5.74, 6) is 0. The molecule has 1 aliphatic rings. The molecule has 0 unspecified atom stereocenters. The molecule has 1 aromatic carbocycles. The third-order valence-electron chi connectivity index (χ3n) is 2.84. The molecule has 0 saturated carbocycles. The summed E-state index contributed by atoms with van der Waals surface area (Å²) < 4.78 is 0. The smallest absolute Gasteiger partial charge is 0.0104 e. The Hall–Kier alpha value is -1.78. The third-order valence-corrected chi connectivity index (χ3v) is 2.84. The van der Waals surface area contributed by atoms with Crippen molar-refractivity contribution in [2.45, 2.75) is 20.3 Å². The van der Waals surface area contributed by atoms with E-state index < -0.39 is 0 Å². The van der Waals surface area contributed by atoms with Gasteiger partial charge < -0.3 is 0 Å². The topological polar surface area (TPSA) is 0 Å². The predicted octanol–water partition coefficient (Wildman–Crippen LogP) is 4.39. The Labute approximate surface area is 97.3 Å². The van der Waals surface area contributed by atoms with Gasteiger partial charge in [0.2, 0.25) is 0 Å². The van der Waals surface area contributed by atoms with E-state index in [4.69, 9.17) is 0 Å². The summed E-state index contributed by atoms with van der Waals surface area (Å²) in [6, 6.07) is 6.59. The average Bonchev–Trinajstić information content (AvgIpc) is 2.49. The van der Waals surface area contributed by atoms with Crippen LogP contribution in [-0.2, 0) is 6.42 Å². The maximum atomic E-state index is 3.97. The zero-order valence-electron chi connectivity index (χ0n) is 9.88. The van der Waals surface area contributed by atoms with E-state index in [-0.39, 0.29) is 0 Å². The van der Waals surface area contributed by atoms with Gasteiger partial charge >= 0.3 is 0 Å². The number of aryl methyl sites for hydroxylation is 1. The molecule has 0 aliphatic heterocycles. The minimum absolute atomic E-state index is 1.07. The van der Waals surface area contributed by atoms with Crippen LogP contribution in [0.3, 0.4) is 0 Å². The van der Waals surface area contributed by atoms with Crippen LogP contribution >= 0.6 is 0 Å². The van der Waals surface area contributed by atoms with E-state index in [1.165, 1.54) is 16.7 Å². The summed E-state index contributed by atoms with van der Waals surface area (Å²) in [7, 11) is 0. The first-order valence-corrected chi connectivity index (χ1v) is 5.63. The standard InChI is InChI=1S/C16H16/c1-4-13-8-9-16-11-14(12(2)3)6-5-7-15(16)10-13/h6-11H,2,4H2,1,3H3. The first-order chi connectivity index (χ1) is 7.70. The molecule has 0 saturated heterocycles. The summed E-state index contributed by atoms with van der Waals surface area (Å²) in [5, 5.41) is 0.